The van der Waals surface area contributed by atoms with Gasteiger partial charge in [-0.05, 0) is 25.6 Å². The molecule has 16 heavy (non-hydrogen) atoms. The highest BCUT2D eigenvalue weighted by Crippen LogP contribution is 2.31. The van der Waals surface area contributed by atoms with Crippen molar-refractivity contribution in [3.63, 3.8) is 0 Å². The van der Waals surface area contributed by atoms with Crippen molar-refractivity contribution in [1.82, 2.24) is 19.7 Å². The Hall–Kier alpha value is -1.56. The lowest BCUT2D eigenvalue weighted by Gasteiger charge is -2.03. The minimum atomic E-state index is 0.720. The Kier molecular flexibility index (Phi) is 3.09. The summed E-state index contributed by atoms with van der Waals surface area (Å²) in [4.78, 5) is 8.22. The van der Waals surface area contributed by atoms with Gasteiger partial charge in [0, 0.05) is 18.9 Å². The summed E-state index contributed by atoms with van der Waals surface area (Å²) in [5.41, 5.74) is 7.55. The second-order valence-electron chi connectivity index (χ2n) is 3.27. The van der Waals surface area contributed by atoms with Crippen LogP contribution in [0.5, 0.6) is 0 Å². The van der Waals surface area contributed by atoms with Gasteiger partial charge in [-0.25, -0.2) is 4.98 Å². The first-order chi connectivity index (χ1) is 7.72. The van der Waals surface area contributed by atoms with Crippen molar-refractivity contribution in [3.8, 4) is 0 Å². The van der Waals surface area contributed by atoms with Crippen molar-refractivity contribution in [2.45, 2.75) is 30.4 Å². The molecule has 0 radical (unpaired) electrons. The van der Waals surface area contributed by atoms with E-state index in [2.05, 4.69) is 15.1 Å². The molecule has 2 rings (SSSR count). The third-order valence-electron chi connectivity index (χ3n) is 2.17. The molecule has 0 fully saturated rings. The van der Waals surface area contributed by atoms with E-state index < -0.39 is 0 Å². The molecular weight excluding hydrogens is 222 g/mol. The van der Waals surface area contributed by atoms with Crippen molar-refractivity contribution in [2.24, 2.45) is 0 Å². The van der Waals surface area contributed by atoms with Crippen molar-refractivity contribution in [2.75, 3.05) is 5.73 Å². The summed E-state index contributed by atoms with van der Waals surface area (Å²) in [6, 6.07) is 0. The fraction of sp³-hybridized carbons (Fsp3) is 0.300. The third kappa shape index (κ3) is 2.01. The van der Waals surface area contributed by atoms with Crippen LogP contribution in [-0.4, -0.2) is 19.7 Å². The number of rotatable bonds is 3. The Labute approximate surface area is 98.1 Å². The summed E-state index contributed by atoms with van der Waals surface area (Å²) in [5.74, 6) is 0. The summed E-state index contributed by atoms with van der Waals surface area (Å²) in [7, 11) is 0. The zero-order valence-corrected chi connectivity index (χ0v) is 10.0. The quantitative estimate of drug-likeness (QED) is 0.877. The van der Waals surface area contributed by atoms with Crippen molar-refractivity contribution in [1.29, 1.82) is 0 Å². The van der Waals surface area contributed by atoms with E-state index in [0.29, 0.717) is 0 Å². The lowest BCUT2D eigenvalue weighted by Crippen LogP contribution is -1.99. The predicted octanol–water partition coefficient (Wildman–Crippen LogP) is 1.73. The Bertz CT molecular complexity index is 479. The predicted molar refractivity (Wildman–Crippen MR) is 63.2 cm³/mol. The summed E-state index contributed by atoms with van der Waals surface area (Å²) >= 11 is 1.49. The molecule has 2 N–H and O–H groups in total. The van der Waals surface area contributed by atoms with Crippen LogP contribution >= 0.6 is 11.8 Å². The van der Waals surface area contributed by atoms with Crippen molar-refractivity contribution in [3.05, 3.63) is 24.3 Å². The van der Waals surface area contributed by atoms with Gasteiger partial charge in [0.1, 0.15) is 10.1 Å². The van der Waals surface area contributed by atoms with E-state index in [1.54, 1.807) is 18.6 Å². The second kappa shape index (κ2) is 4.52. The van der Waals surface area contributed by atoms with Gasteiger partial charge in [-0.1, -0.05) is 0 Å². The normalized spacial score (nSPS) is 10.6. The molecule has 2 aromatic heterocycles. The molecule has 0 aliphatic carbocycles. The SMILES string of the molecule is CCn1nc(C)c(N)c1Sc1cnccn1. The maximum Gasteiger partial charge on any atom is 0.124 e. The van der Waals surface area contributed by atoms with E-state index >= 15 is 0 Å². The molecule has 6 heteroatoms. The number of hydrogen-bond acceptors (Lipinski definition) is 5. The molecule has 0 aliphatic rings. The van der Waals surface area contributed by atoms with Gasteiger partial charge < -0.3 is 5.73 Å². The molecule has 2 heterocycles. The number of aromatic nitrogens is 4. The van der Waals surface area contributed by atoms with Crippen LogP contribution < -0.4 is 5.73 Å². The van der Waals surface area contributed by atoms with E-state index in [0.717, 1.165) is 28.0 Å². The monoisotopic (exact) mass is 235 g/mol. The highest BCUT2D eigenvalue weighted by Gasteiger charge is 2.13. The van der Waals surface area contributed by atoms with E-state index in [-0.39, 0.29) is 0 Å². The highest BCUT2D eigenvalue weighted by molar-refractivity contribution is 7.99. The number of nitrogens with zero attached hydrogens (tertiary/aromatic N) is 4. The smallest absolute Gasteiger partial charge is 0.124 e. The van der Waals surface area contributed by atoms with Crippen LogP contribution in [-0.2, 0) is 6.54 Å². The molecule has 0 spiro atoms. The zero-order valence-electron chi connectivity index (χ0n) is 9.21. The van der Waals surface area contributed by atoms with Crippen LogP contribution in [0.15, 0.2) is 28.6 Å². The zero-order chi connectivity index (χ0) is 11.5. The molecule has 2 aromatic rings. The number of hydrogen-bond donors (Lipinski definition) is 1. The number of aryl methyl sites for hydroxylation is 2. The molecule has 0 amide bonds. The maximum atomic E-state index is 5.97. The number of nitrogens with two attached hydrogens (primary N) is 1. The first-order valence-corrected chi connectivity index (χ1v) is 5.80. The van der Waals surface area contributed by atoms with Crippen LogP contribution in [0.2, 0.25) is 0 Å². The van der Waals surface area contributed by atoms with Gasteiger partial charge in [0.05, 0.1) is 17.6 Å². The minimum Gasteiger partial charge on any atom is -0.395 e. The molecule has 0 aromatic carbocycles. The third-order valence-corrected chi connectivity index (χ3v) is 3.21. The first kappa shape index (κ1) is 10.9. The number of nitrogen functional groups attached to an aromatic ring is 1. The van der Waals surface area contributed by atoms with E-state index in [9.17, 15) is 0 Å². The molecule has 0 unspecified atom stereocenters. The lowest BCUT2D eigenvalue weighted by atomic mass is 10.4. The molecule has 0 aliphatic heterocycles. The standard InChI is InChI=1S/C10H13N5S/c1-3-15-10(9(11)7(2)14-15)16-8-6-12-4-5-13-8/h4-6H,3,11H2,1-2H3. The Balaban J connectivity index is 2.34. The van der Waals surface area contributed by atoms with Crippen LogP contribution in [0.3, 0.4) is 0 Å². The van der Waals surface area contributed by atoms with Crippen LogP contribution in [0.1, 0.15) is 12.6 Å². The molecule has 0 saturated carbocycles. The topological polar surface area (TPSA) is 69.6 Å². The van der Waals surface area contributed by atoms with E-state index in [4.69, 9.17) is 5.73 Å². The average molecular weight is 235 g/mol. The second-order valence-corrected chi connectivity index (χ2v) is 4.27. The minimum absolute atomic E-state index is 0.720. The molecular formula is C10H13N5S. The highest BCUT2D eigenvalue weighted by atomic mass is 32.2. The Morgan fingerprint density at radius 3 is 2.88 bits per heavy atom. The molecule has 5 nitrogen and oxygen atoms in total. The van der Waals surface area contributed by atoms with Gasteiger partial charge in [0.15, 0.2) is 0 Å². The summed E-state index contributed by atoms with van der Waals surface area (Å²) in [6.07, 6.45) is 5.03. The summed E-state index contributed by atoms with van der Waals surface area (Å²) in [6.45, 7) is 4.73. The molecule has 0 bridgehead atoms. The maximum absolute atomic E-state index is 5.97. The molecule has 0 saturated heterocycles. The first-order valence-electron chi connectivity index (χ1n) is 4.99. The lowest BCUT2D eigenvalue weighted by molar-refractivity contribution is 0.602. The molecule has 0 atom stereocenters. The summed E-state index contributed by atoms with van der Waals surface area (Å²) < 4.78 is 1.88. The van der Waals surface area contributed by atoms with Gasteiger partial charge in [0.2, 0.25) is 0 Å². The Morgan fingerprint density at radius 1 is 1.44 bits per heavy atom. The number of anilines is 1. The van der Waals surface area contributed by atoms with Crippen LogP contribution in [0, 0.1) is 6.92 Å². The van der Waals surface area contributed by atoms with Gasteiger partial charge in [-0.15, -0.1) is 0 Å². The van der Waals surface area contributed by atoms with Crippen molar-refractivity contribution < 1.29 is 0 Å². The van der Waals surface area contributed by atoms with Gasteiger partial charge in [-0.3, -0.25) is 9.67 Å². The fourth-order valence-electron chi connectivity index (χ4n) is 1.33. The van der Waals surface area contributed by atoms with Gasteiger partial charge in [0.25, 0.3) is 0 Å². The molecule has 84 valence electrons. The summed E-state index contributed by atoms with van der Waals surface area (Å²) in [5, 5.41) is 6.10. The largest absolute Gasteiger partial charge is 0.395 e. The fourth-order valence-corrected chi connectivity index (χ4v) is 2.29. The van der Waals surface area contributed by atoms with Crippen LogP contribution in [0.25, 0.3) is 0 Å². The average Bonchev–Trinajstić information content (AvgIpc) is 2.58. The van der Waals surface area contributed by atoms with Gasteiger partial charge >= 0.3 is 0 Å². The van der Waals surface area contributed by atoms with Crippen molar-refractivity contribution >= 4 is 17.4 Å². The van der Waals surface area contributed by atoms with Gasteiger partial charge in [-0.2, -0.15) is 5.10 Å². The van der Waals surface area contributed by atoms with E-state index in [1.165, 1.54) is 11.8 Å². The van der Waals surface area contributed by atoms with Crippen LogP contribution in [0.4, 0.5) is 5.69 Å². The van der Waals surface area contributed by atoms with E-state index in [1.807, 2.05) is 18.5 Å². The Morgan fingerprint density at radius 2 is 2.25 bits per heavy atom.